The average molecular weight is 550 g/mol. The third-order valence-corrected chi connectivity index (χ3v) is 7.70. The quantitative estimate of drug-likeness (QED) is 0.316. The lowest BCUT2D eigenvalue weighted by atomic mass is 10.0. The summed E-state index contributed by atoms with van der Waals surface area (Å²) in [6, 6.07) is 25.3. The van der Waals surface area contributed by atoms with Crippen LogP contribution < -0.4 is 4.74 Å². The molecular weight excluding hydrogens is 506 g/mol. The van der Waals surface area contributed by atoms with Crippen molar-refractivity contribution in [1.29, 1.82) is 0 Å². The number of ether oxygens (including phenoxy) is 1. The summed E-state index contributed by atoms with van der Waals surface area (Å²) in [4.78, 5) is 19.2. The summed E-state index contributed by atoms with van der Waals surface area (Å²) in [6.45, 7) is 13.3. The first-order valence-electron chi connectivity index (χ1n) is 13.9. The maximum absolute atomic E-state index is 12.4. The lowest BCUT2D eigenvalue weighted by Gasteiger charge is -2.42. The number of amides is 1. The first-order chi connectivity index (χ1) is 18.7. The van der Waals surface area contributed by atoms with E-state index in [0.29, 0.717) is 12.1 Å². The molecule has 0 bridgehead atoms. The van der Waals surface area contributed by atoms with Gasteiger partial charge in [0.1, 0.15) is 5.75 Å². The first kappa shape index (κ1) is 30.7. The lowest BCUT2D eigenvalue weighted by Crippen LogP contribution is -2.54. The molecular formula is C33H44ClN3O2. The summed E-state index contributed by atoms with van der Waals surface area (Å²) < 4.78 is 5.25. The van der Waals surface area contributed by atoms with Crippen LogP contribution in [0.4, 0.5) is 0 Å². The van der Waals surface area contributed by atoms with Crippen molar-refractivity contribution in [2.45, 2.75) is 52.7 Å². The van der Waals surface area contributed by atoms with Gasteiger partial charge in [0.15, 0.2) is 0 Å². The molecule has 1 aliphatic rings. The molecule has 3 aromatic rings. The molecule has 1 heterocycles. The van der Waals surface area contributed by atoms with Crippen LogP contribution in [0.5, 0.6) is 5.75 Å². The highest BCUT2D eigenvalue weighted by Crippen LogP contribution is 2.19. The first-order valence-corrected chi connectivity index (χ1v) is 14.3. The van der Waals surface area contributed by atoms with E-state index in [9.17, 15) is 4.79 Å². The van der Waals surface area contributed by atoms with Crippen molar-refractivity contribution in [2.24, 2.45) is 0 Å². The van der Waals surface area contributed by atoms with Gasteiger partial charge in [-0.05, 0) is 94.3 Å². The van der Waals surface area contributed by atoms with E-state index in [2.05, 4.69) is 55.0 Å². The minimum Gasteiger partial charge on any atom is -0.497 e. The van der Waals surface area contributed by atoms with E-state index in [1.54, 1.807) is 7.11 Å². The summed E-state index contributed by atoms with van der Waals surface area (Å²) in [5.74, 6) is 0.949. The van der Waals surface area contributed by atoms with E-state index in [1.807, 2.05) is 67.3 Å². The average Bonchev–Trinajstić information content (AvgIpc) is 2.93. The number of piperazine rings is 1. The van der Waals surface area contributed by atoms with E-state index in [0.717, 1.165) is 61.0 Å². The lowest BCUT2D eigenvalue weighted by molar-refractivity contribution is 0.0546. The number of carbonyl (C=O) groups excluding carboxylic acids is 1. The number of hydrogen-bond acceptors (Lipinski definition) is 4. The number of methoxy groups -OCH3 is 1. The minimum absolute atomic E-state index is 0.0949. The van der Waals surface area contributed by atoms with Crippen molar-refractivity contribution in [2.75, 3.05) is 40.3 Å². The van der Waals surface area contributed by atoms with E-state index in [4.69, 9.17) is 16.3 Å². The molecule has 0 N–H and O–H groups in total. The number of carbonyl (C=O) groups is 1. The SMILES string of the molecule is CCN(CC)C(=O)c1cccc(Cc2cccc(OC)c2)c1.C[C@@H]1CN(C)[C@@H](C)CN1Cc1cccc(Cl)c1. The highest BCUT2D eigenvalue weighted by Gasteiger charge is 2.26. The van der Waals surface area contributed by atoms with Gasteiger partial charge < -0.3 is 14.5 Å². The van der Waals surface area contributed by atoms with Crippen molar-refractivity contribution < 1.29 is 9.53 Å². The molecule has 0 unspecified atom stereocenters. The van der Waals surface area contributed by atoms with Gasteiger partial charge in [-0.25, -0.2) is 0 Å². The van der Waals surface area contributed by atoms with Crippen LogP contribution >= 0.6 is 11.6 Å². The van der Waals surface area contributed by atoms with Gasteiger partial charge >= 0.3 is 0 Å². The second-order valence-electron chi connectivity index (χ2n) is 10.4. The molecule has 5 nitrogen and oxygen atoms in total. The monoisotopic (exact) mass is 549 g/mol. The van der Waals surface area contributed by atoms with E-state index >= 15 is 0 Å². The Morgan fingerprint density at radius 1 is 0.897 bits per heavy atom. The molecule has 1 aliphatic heterocycles. The van der Waals surface area contributed by atoms with Gasteiger partial charge in [-0.2, -0.15) is 0 Å². The summed E-state index contributed by atoms with van der Waals surface area (Å²) >= 11 is 6.02. The Morgan fingerprint density at radius 3 is 2.21 bits per heavy atom. The zero-order chi connectivity index (χ0) is 28.4. The molecule has 0 spiro atoms. The van der Waals surface area contributed by atoms with Gasteiger partial charge in [0.05, 0.1) is 7.11 Å². The molecule has 0 aliphatic carbocycles. The third-order valence-electron chi connectivity index (χ3n) is 7.47. The number of benzene rings is 3. The van der Waals surface area contributed by atoms with Crippen LogP contribution in [0.15, 0.2) is 72.8 Å². The summed E-state index contributed by atoms with van der Waals surface area (Å²) in [5.41, 5.74) is 4.36. The molecule has 3 aromatic carbocycles. The fraction of sp³-hybridized carbons (Fsp3) is 0.424. The van der Waals surface area contributed by atoms with Gasteiger partial charge in [0.25, 0.3) is 5.91 Å². The number of likely N-dealkylation sites (N-methyl/N-ethyl adjacent to an activating group) is 1. The van der Waals surface area contributed by atoms with Crippen LogP contribution in [0.25, 0.3) is 0 Å². The van der Waals surface area contributed by atoms with Gasteiger partial charge in [-0.1, -0.05) is 48.0 Å². The second-order valence-corrected chi connectivity index (χ2v) is 10.8. The minimum atomic E-state index is 0.0949. The molecule has 0 saturated carbocycles. The normalized spacial score (nSPS) is 17.7. The predicted octanol–water partition coefficient (Wildman–Crippen LogP) is 6.63. The Hall–Kier alpha value is -2.86. The second kappa shape index (κ2) is 15.1. The molecule has 39 heavy (non-hydrogen) atoms. The fourth-order valence-corrected chi connectivity index (χ4v) is 5.20. The van der Waals surface area contributed by atoms with E-state index in [-0.39, 0.29) is 5.91 Å². The molecule has 0 radical (unpaired) electrons. The van der Waals surface area contributed by atoms with Crippen molar-refractivity contribution in [3.05, 3.63) is 100 Å². The highest BCUT2D eigenvalue weighted by atomic mass is 35.5. The van der Waals surface area contributed by atoms with Crippen LogP contribution in [0.2, 0.25) is 5.02 Å². The zero-order valence-corrected chi connectivity index (χ0v) is 25.1. The van der Waals surface area contributed by atoms with Crippen molar-refractivity contribution in [3.8, 4) is 5.75 Å². The fourth-order valence-electron chi connectivity index (χ4n) is 4.99. The Labute approximate surface area is 240 Å². The predicted molar refractivity (Wildman–Crippen MR) is 163 cm³/mol. The molecule has 1 saturated heterocycles. The zero-order valence-electron chi connectivity index (χ0n) is 24.4. The Balaban J connectivity index is 0.000000223. The topological polar surface area (TPSA) is 36.0 Å². The summed E-state index contributed by atoms with van der Waals surface area (Å²) in [6.07, 6.45) is 0.788. The maximum Gasteiger partial charge on any atom is 0.253 e. The van der Waals surface area contributed by atoms with Gasteiger partial charge in [-0.15, -0.1) is 0 Å². The largest absolute Gasteiger partial charge is 0.497 e. The van der Waals surface area contributed by atoms with Crippen molar-refractivity contribution >= 4 is 17.5 Å². The Bertz CT molecular complexity index is 1200. The van der Waals surface area contributed by atoms with Crippen molar-refractivity contribution in [3.63, 3.8) is 0 Å². The Kier molecular flexibility index (Phi) is 11.9. The number of nitrogens with zero attached hydrogens (tertiary/aromatic N) is 3. The van der Waals surface area contributed by atoms with Gasteiger partial charge in [-0.3, -0.25) is 9.69 Å². The molecule has 6 heteroatoms. The Morgan fingerprint density at radius 2 is 1.54 bits per heavy atom. The molecule has 1 amide bonds. The molecule has 0 aromatic heterocycles. The van der Waals surface area contributed by atoms with Crippen LogP contribution in [0, 0.1) is 0 Å². The summed E-state index contributed by atoms with van der Waals surface area (Å²) in [5, 5.41) is 0.831. The van der Waals surface area contributed by atoms with Crippen LogP contribution in [0.1, 0.15) is 54.7 Å². The van der Waals surface area contributed by atoms with Crippen LogP contribution in [0.3, 0.4) is 0 Å². The van der Waals surface area contributed by atoms with Gasteiger partial charge in [0, 0.05) is 55.4 Å². The van der Waals surface area contributed by atoms with Gasteiger partial charge in [0.2, 0.25) is 0 Å². The van der Waals surface area contributed by atoms with Crippen molar-refractivity contribution in [1.82, 2.24) is 14.7 Å². The smallest absolute Gasteiger partial charge is 0.253 e. The number of hydrogen-bond donors (Lipinski definition) is 0. The van der Waals surface area contributed by atoms with Crippen LogP contribution in [-0.2, 0) is 13.0 Å². The van der Waals surface area contributed by atoms with Crippen LogP contribution in [-0.4, -0.2) is 73.0 Å². The number of halogens is 1. The highest BCUT2D eigenvalue weighted by molar-refractivity contribution is 6.30. The third kappa shape index (κ3) is 9.10. The molecule has 210 valence electrons. The van der Waals surface area contributed by atoms with E-state index < -0.39 is 0 Å². The number of rotatable bonds is 8. The maximum atomic E-state index is 12.4. The summed E-state index contributed by atoms with van der Waals surface area (Å²) in [7, 11) is 3.88. The standard InChI is InChI=1S/C19H23NO2.C14H21ClN2/c1-4-20(5-2)19(21)17-10-6-8-15(13-17)12-16-9-7-11-18(14-16)22-3;1-11-9-17(12(2)8-16(11)3)10-13-5-4-6-14(15)7-13/h6-11,13-14H,4-5,12H2,1-3H3;4-7,11-12H,8-10H2,1-3H3/t;11-,12+/m.0/s1. The molecule has 2 atom stereocenters. The van der Waals surface area contributed by atoms with E-state index in [1.165, 1.54) is 11.1 Å². The molecule has 1 fully saturated rings. The molecule has 4 rings (SSSR count).